The number of nitrogens with zero attached hydrogens (tertiary/aromatic N) is 2. The second-order valence-corrected chi connectivity index (χ2v) is 7.67. The minimum absolute atomic E-state index is 0.0384. The van der Waals surface area contributed by atoms with Crippen LogP contribution in [0.15, 0.2) is 30.3 Å². The molecule has 0 radical (unpaired) electrons. The third kappa shape index (κ3) is 2.95. The van der Waals surface area contributed by atoms with Gasteiger partial charge in [0.05, 0.1) is 11.2 Å². The van der Waals surface area contributed by atoms with Gasteiger partial charge in [-0.1, -0.05) is 0 Å². The van der Waals surface area contributed by atoms with Crippen LogP contribution in [0.1, 0.15) is 19.8 Å². The highest BCUT2D eigenvalue weighted by Gasteiger charge is 2.25. The molecule has 154 valence electrons. The number of rotatable bonds is 4. The van der Waals surface area contributed by atoms with Crippen LogP contribution in [0.5, 0.6) is 29.0 Å². The highest BCUT2D eigenvalue weighted by Crippen LogP contribution is 2.41. The van der Waals surface area contributed by atoms with Crippen molar-refractivity contribution < 1.29 is 23.7 Å². The number of aromatic nitrogens is 2. The van der Waals surface area contributed by atoms with Gasteiger partial charge in [-0.3, -0.25) is 0 Å². The van der Waals surface area contributed by atoms with Crippen molar-refractivity contribution in [2.24, 2.45) is 0 Å². The van der Waals surface area contributed by atoms with Crippen molar-refractivity contribution in [2.75, 3.05) is 20.1 Å². The van der Waals surface area contributed by atoms with E-state index in [1.54, 1.807) is 0 Å². The molecule has 1 saturated heterocycles. The van der Waals surface area contributed by atoms with Gasteiger partial charge in [-0.2, -0.15) is 9.97 Å². The summed E-state index contributed by atoms with van der Waals surface area (Å²) in [7, 11) is 0. The molecule has 1 aromatic heterocycles. The second kappa shape index (κ2) is 6.91. The number of fused-ring (bicyclic) bond motifs is 3. The normalized spacial score (nSPS) is 20.0. The predicted molar refractivity (Wildman–Crippen MR) is 108 cm³/mol. The topological polar surface area (TPSA) is 84.0 Å². The van der Waals surface area contributed by atoms with Gasteiger partial charge in [0.25, 0.3) is 0 Å². The third-order valence-corrected chi connectivity index (χ3v) is 5.77. The second-order valence-electron chi connectivity index (χ2n) is 7.67. The molecule has 0 saturated carbocycles. The average Bonchev–Trinajstić information content (AvgIpc) is 3.52. The van der Waals surface area contributed by atoms with E-state index < -0.39 is 0 Å². The van der Waals surface area contributed by atoms with E-state index in [0.717, 1.165) is 47.3 Å². The Morgan fingerprint density at radius 1 is 0.967 bits per heavy atom. The zero-order valence-corrected chi connectivity index (χ0v) is 16.5. The lowest BCUT2D eigenvalue weighted by molar-refractivity contribution is 0.166. The standard InChI is InChI=1S/C22H21N3O5/c1-12(15-3-2-6-23-15)30-22-24-16-9-20-19(28-11-29-20)8-14(16)21(25-22)13-4-5-17-18(7-13)27-10-26-17/h4-5,7-9,12,15,23H,2-3,6,10-11H2,1H3. The van der Waals surface area contributed by atoms with E-state index in [0.29, 0.717) is 29.3 Å². The van der Waals surface area contributed by atoms with Crippen molar-refractivity contribution >= 4 is 10.9 Å². The van der Waals surface area contributed by atoms with Gasteiger partial charge in [0.2, 0.25) is 13.6 Å². The summed E-state index contributed by atoms with van der Waals surface area (Å²) >= 11 is 0. The van der Waals surface area contributed by atoms with Gasteiger partial charge in [-0.05, 0) is 50.6 Å². The number of benzene rings is 2. The molecular weight excluding hydrogens is 386 g/mol. The smallest absolute Gasteiger partial charge is 0.317 e. The first-order valence-corrected chi connectivity index (χ1v) is 10.2. The molecule has 8 heteroatoms. The van der Waals surface area contributed by atoms with E-state index in [-0.39, 0.29) is 19.7 Å². The van der Waals surface area contributed by atoms with E-state index in [1.807, 2.05) is 30.3 Å². The van der Waals surface area contributed by atoms with E-state index in [1.165, 1.54) is 0 Å². The summed E-state index contributed by atoms with van der Waals surface area (Å²) in [5.41, 5.74) is 2.38. The Morgan fingerprint density at radius 2 is 1.73 bits per heavy atom. The van der Waals surface area contributed by atoms with Gasteiger partial charge in [0, 0.05) is 23.1 Å². The molecule has 8 nitrogen and oxygen atoms in total. The fourth-order valence-corrected chi connectivity index (χ4v) is 4.17. The van der Waals surface area contributed by atoms with Crippen molar-refractivity contribution in [1.82, 2.24) is 15.3 Å². The Morgan fingerprint density at radius 3 is 2.53 bits per heavy atom. The molecule has 4 heterocycles. The molecule has 1 N–H and O–H groups in total. The maximum atomic E-state index is 6.17. The quantitative estimate of drug-likeness (QED) is 0.706. The molecule has 3 aromatic rings. The zero-order chi connectivity index (χ0) is 20.1. The fraction of sp³-hybridized carbons (Fsp3) is 0.364. The summed E-state index contributed by atoms with van der Waals surface area (Å²) in [6.45, 7) is 3.49. The molecule has 6 rings (SSSR count). The van der Waals surface area contributed by atoms with E-state index in [9.17, 15) is 0 Å². The fourth-order valence-electron chi connectivity index (χ4n) is 4.17. The first-order valence-electron chi connectivity index (χ1n) is 10.2. The number of hydrogen-bond acceptors (Lipinski definition) is 8. The first kappa shape index (κ1) is 17.6. The van der Waals surface area contributed by atoms with Crippen LogP contribution in [-0.2, 0) is 0 Å². The highest BCUT2D eigenvalue weighted by molar-refractivity contribution is 5.95. The lowest BCUT2D eigenvalue weighted by Gasteiger charge is -2.20. The molecule has 3 aliphatic rings. The van der Waals surface area contributed by atoms with E-state index >= 15 is 0 Å². The summed E-state index contributed by atoms with van der Waals surface area (Å²) in [6, 6.07) is 10.2. The minimum Gasteiger partial charge on any atom is -0.459 e. The van der Waals surface area contributed by atoms with Crippen LogP contribution in [-0.4, -0.2) is 42.2 Å². The van der Waals surface area contributed by atoms with Gasteiger partial charge in [-0.15, -0.1) is 0 Å². The van der Waals surface area contributed by atoms with Gasteiger partial charge in [0.15, 0.2) is 23.0 Å². The Kier molecular flexibility index (Phi) is 4.05. The van der Waals surface area contributed by atoms with Crippen molar-refractivity contribution in [1.29, 1.82) is 0 Å². The van der Waals surface area contributed by atoms with Gasteiger partial charge >= 0.3 is 6.01 Å². The third-order valence-electron chi connectivity index (χ3n) is 5.77. The van der Waals surface area contributed by atoms with Crippen LogP contribution >= 0.6 is 0 Å². The van der Waals surface area contributed by atoms with Crippen LogP contribution in [0.2, 0.25) is 0 Å². The molecule has 0 bridgehead atoms. The van der Waals surface area contributed by atoms with Gasteiger partial charge in [0.1, 0.15) is 6.10 Å². The summed E-state index contributed by atoms with van der Waals surface area (Å²) in [5, 5.41) is 4.33. The Balaban J connectivity index is 1.47. The SMILES string of the molecule is CC(Oc1nc(-c2ccc3c(c2)OCO3)c2cc3c(cc2n1)OCO3)C1CCCN1. The molecule has 0 aliphatic carbocycles. The first-order chi connectivity index (χ1) is 14.7. The molecule has 0 amide bonds. The van der Waals surface area contributed by atoms with Crippen LogP contribution in [0.3, 0.4) is 0 Å². The van der Waals surface area contributed by atoms with E-state index in [2.05, 4.69) is 17.2 Å². The maximum absolute atomic E-state index is 6.17. The van der Waals surface area contributed by atoms with E-state index in [4.69, 9.17) is 28.7 Å². The van der Waals surface area contributed by atoms with Gasteiger partial charge < -0.3 is 29.0 Å². The van der Waals surface area contributed by atoms with Crippen molar-refractivity contribution in [2.45, 2.75) is 31.9 Å². The van der Waals surface area contributed by atoms with Crippen molar-refractivity contribution in [3.05, 3.63) is 30.3 Å². The molecular formula is C22H21N3O5. The number of hydrogen-bond donors (Lipinski definition) is 1. The Bertz CT molecular complexity index is 1130. The summed E-state index contributed by atoms with van der Waals surface area (Å²) in [6.07, 6.45) is 2.20. The van der Waals surface area contributed by atoms with Crippen molar-refractivity contribution in [3.63, 3.8) is 0 Å². The summed E-state index contributed by atoms with van der Waals surface area (Å²) < 4.78 is 28.3. The summed E-state index contributed by atoms with van der Waals surface area (Å²) in [4.78, 5) is 9.45. The maximum Gasteiger partial charge on any atom is 0.317 e. The molecule has 2 unspecified atom stereocenters. The van der Waals surface area contributed by atoms with Crippen LogP contribution < -0.4 is 29.0 Å². The van der Waals surface area contributed by atoms with Crippen LogP contribution in [0.25, 0.3) is 22.2 Å². The van der Waals surface area contributed by atoms with Gasteiger partial charge in [-0.25, -0.2) is 0 Å². The predicted octanol–water partition coefficient (Wildman–Crippen LogP) is 3.27. The minimum atomic E-state index is -0.0384. The molecule has 3 aliphatic heterocycles. The molecule has 0 spiro atoms. The molecule has 30 heavy (non-hydrogen) atoms. The molecule has 2 aromatic carbocycles. The summed E-state index contributed by atoms with van der Waals surface area (Å²) in [5.74, 6) is 2.79. The Labute approximate surface area is 173 Å². The number of nitrogens with one attached hydrogen (secondary N) is 1. The van der Waals surface area contributed by atoms with Crippen molar-refractivity contribution in [3.8, 4) is 40.3 Å². The Hall–Kier alpha value is -3.26. The van der Waals surface area contributed by atoms with Crippen LogP contribution in [0.4, 0.5) is 0 Å². The van der Waals surface area contributed by atoms with Crippen LogP contribution in [0, 0.1) is 0 Å². The number of ether oxygens (including phenoxy) is 5. The largest absolute Gasteiger partial charge is 0.459 e. The lowest BCUT2D eigenvalue weighted by atomic mass is 10.1. The molecule has 1 fully saturated rings. The monoisotopic (exact) mass is 407 g/mol. The zero-order valence-electron chi connectivity index (χ0n) is 16.5. The molecule has 2 atom stereocenters. The average molecular weight is 407 g/mol. The lowest BCUT2D eigenvalue weighted by Crippen LogP contribution is -2.36. The highest BCUT2D eigenvalue weighted by atomic mass is 16.7.